The van der Waals surface area contributed by atoms with Crippen molar-refractivity contribution in [2.75, 3.05) is 0 Å². The lowest BCUT2D eigenvalue weighted by atomic mass is 10.1. The maximum absolute atomic E-state index is 11.5. The van der Waals surface area contributed by atoms with Gasteiger partial charge in [0, 0.05) is 22.6 Å². The van der Waals surface area contributed by atoms with E-state index >= 15 is 0 Å². The van der Waals surface area contributed by atoms with Crippen LogP contribution >= 0.6 is 11.3 Å². The number of hydrogen-bond donors (Lipinski definition) is 2. The molecule has 1 heterocycles. The Bertz CT molecular complexity index is 789. The first kappa shape index (κ1) is 18.6. The molecule has 130 valence electrons. The van der Waals surface area contributed by atoms with Crippen molar-refractivity contribution in [1.29, 1.82) is 0 Å². The Morgan fingerprint density at radius 1 is 1.16 bits per heavy atom. The molecule has 1 aromatic carbocycles. The first-order valence-corrected chi connectivity index (χ1v) is 8.69. The molecule has 0 aliphatic rings. The maximum Gasteiger partial charge on any atom is 0.335 e. The molecule has 0 saturated heterocycles. The average Bonchev–Trinajstić information content (AvgIpc) is 3.10. The highest BCUT2D eigenvalue weighted by Gasteiger charge is 2.10. The monoisotopic (exact) mass is 357 g/mol. The molecule has 2 rings (SSSR count). The van der Waals surface area contributed by atoms with E-state index in [1.54, 1.807) is 18.2 Å². The summed E-state index contributed by atoms with van der Waals surface area (Å²) >= 11 is 1.53. The second-order valence-electron chi connectivity index (χ2n) is 5.39. The molecule has 0 unspecified atom stereocenters. The van der Waals surface area contributed by atoms with Crippen LogP contribution in [0.5, 0.6) is 0 Å². The molecule has 0 bridgehead atoms. The third-order valence-corrected chi connectivity index (χ3v) is 4.46. The van der Waals surface area contributed by atoms with E-state index in [-0.39, 0.29) is 5.56 Å². The van der Waals surface area contributed by atoms with Crippen molar-refractivity contribution < 1.29 is 19.8 Å². The highest BCUT2D eigenvalue weighted by Crippen LogP contribution is 2.15. The summed E-state index contributed by atoms with van der Waals surface area (Å²) in [5, 5.41) is 20.2. The van der Waals surface area contributed by atoms with E-state index < -0.39 is 11.9 Å². The van der Waals surface area contributed by atoms with Gasteiger partial charge in [0.15, 0.2) is 0 Å². The van der Waals surface area contributed by atoms with E-state index in [1.807, 2.05) is 24.4 Å². The fraction of sp³-hybridized carbons (Fsp3) is 0.211. The van der Waals surface area contributed by atoms with Crippen molar-refractivity contribution in [3.8, 4) is 0 Å². The molecule has 25 heavy (non-hydrogen) atoms. The number of carbonyl (C=O) groups is 2. The Hall–Kier alpha value is -2.73. The molecule has 0 fully saturated rings. The number of aromatic carboxylic acids is 1. The van der Waals surface area contributed by atoms with Crippen LogP contribution in [0, 0.1) is 0 Å². The van der Waals surface area contributed by atoms with Crippen molar-refractivity contribution in [3.05, 3.63) is 69.4 Å². The number of nitrogens with zero attached hydrogens (tertiary/aromatic N) is 1. The van der Waals surface area contributed by atoms with Gasteiger partial charge in [-0.05, 0) is 41.6 Å². The van der Waals surface area contributed by atoms with E-state index in [9.17, 15) is 14.7 Å². The van der Waals surface area contributed by atoms with Crippen molar-refractivity contribution in [2.45, 2.75) is 26.3 Å². The van der Waals surface area contributed by atoms with Crippen LogP contribution in [0.15, 0.2) is 58.4 Å². The van der Waals surface area contributed by atoms with Gasteiger partial charge < -0.3 is 10.2 Å². The zero-order valence-corrected chi connectivity index (χ0v) is 14.6. The van der Waals surface area contributed by atoms with Crippen LogP contribution in [-0.4, -0.2) is 27.9 Å². The Balaban J connectivity index is 2.13. The van der Waals surface area contributed by atoms with Crippen molar-refractivity contribution >= 4 is 29.0 Å². The molecule has 0 atom stereocenters. The number of benzene rings is 1. The largest absolute Gasteiger partial charge is 0.478 e. The predicted octanol–water partition coefficient (Wildman–Crippen LogP) is 4.05. The van der Waals surface area contributed by atoms with Crippen molar-refractivity contribution in [3.63, 3.8) is 0 Å². The molecule has 0 radical (unpaired) electrons. The molecule has 0 aliphatic heterocycles. The smallest absolute Gasteiger partial charge is 0.335 e. The van der Waals surface area contributed by atoms with E-state index in [0.717, 1.165) is 10.4 Å². The number of allylic oxidation sites excluding steroid dienone is 1. The van der Waals surface area contributed by atoms with Gasteiger partial charge >= 0.3 is 11.9 Å². The normalized spacial score (nSPS) is 12.2. The zero-order chi connectivity index (χ0) is 18.2. The summed E-state index contributed by atoms with van der Waals surface area (Å²) in [5.41, 5.74) is 2.12. The lowest BCUT2D eigenvalue weighted by molar-refractivity contribution is -0.132. The molecule has 5 nitrogen and oxygen atoms in total. The SMILES string of the molecule is CCC(/C=C(\Cc1cccs1)C(=O)O)=NCc1ccc(C(=O)O)cc1. The third kappa shape index (κ3) is 5.69. The Labute approximate surface area is 150 Å². The number of hydrogen-bond acceptors (Lipinski definition) is 4. The number of rotatable bonds is 8. The second kappa shape index (κ2) is 8.94. The Morgan fingerprint density at radius 3 is 2.40 bits per heavy atom. The summed E-state index contributed by atoms with van der Waals surface area (Å²) in [5.74, 6) is -1.91. The maximum atomic E-state index is 11.5. The second-order valence-corrected chi connectivity index (χ2v) is 6.43. The molecule has 0 aliphatic carbocycles. The van der Waals surface area contributed by atoms with Crippen LogP contribution in [0.3, 0.4) is 0 Å². The van der Waals surface area contributed by atoms with Crippen LogP contribution in [0.25, 0.3) is 0 Å². The summed E-state index contributed by atoms with van der Waals surface area (Å²) in [6, 6.07) is 10.3. The third-order valence-electron chi connectivity index (χ3n) is 3.59. The first-order valence-electron chi connectivity index (χ1n) is 7.81. The molecular formula is C19H19NO4S. The molecule has 2 N–H and O–H groups in total. The first-order chi connectivity index (χ1) is 12.0. The van der Waals surface area contributed by atoms with Gasteiger partial charge in [-0.15, -0.1) is 11.3 Å². The minimum absolute atomic E-state index is 0.229. The van der Waals surface area contributed by atoms with Crippen LogP contribution in [0.1, 0.15) is 34.1 Å². The lowest BCUT2D eigenvalue weighted by Gasteiger charge is -2.04. The van der Waals surface area contributed by atoms with Gasteiger partial charge in [-0.2, -0.15) is 0 Å². The van der Waals surface area contributed by atoms with Crippen LogP contribution in [0.2, 0.25) is 0 Å². The molecule has 1 aromatic heterocycles. The average molecular weight is 357 g/mol. The number of carboxylic acids is 2. The quantitative estimate of drug-likeness (QED) is 0.551. The van der Waals surface area contributed by atoms with Gasteiger partial charge in [0.05, 0.1) is 12.1 Å². The molecule has 6 heteroatoms. The standard InChI is InChI=1S/C19H19NO4S/c1-2-16(10-15(19(23)24)11-17-4-3-9-25-17)20-12-13-5-7-14(8-6-13)18(21)22/h3-10H,2,11-12H2,1H3,(H,21,22)(H,23,24)/b15-10+,20-16?. The fourth-order valence-electron chi connectivity index (χ4n) is 2.20. The Morgan fingerprint density at radius 2 is 1.88 bits per heavy atom. The summed E-state index contributed by atoms with van der Waals surface area (Å²) in [6.45, 7) is 2.30. The number of carboxylic acid groups (broad SMARTS) is 2. The van der Waals surface area contributed by atoms with E-state index in [0.29, 0.717) is 30.7 Å². The van der Waals surface area contributed by atoms with Gasteiger partial charge in [-0.3, -0.25) is 4.99 Å². The van der Waals surface area contributed by atoms with Gasteiger partial charge in [0.1, 0.15) is 0 Å². The summed E-state index contributed by atoms with van der Waals surface area (Å²) < 4.78 is 0. The molecule has 0 spiro atoms. The van der Waals surface area contributed by atoms with Gasteiger partial charge in [-0.25, -0.2) is 9.59 Å². The predicted molar refractivity (Wildman–Crippen MR) is 98.6 cm³/mol. The van der Waals surface area contributed by atoms with E-state index in [4.69, 9.17) is 5.11 Å². The summed E-state index contributed by atoms with van der Waals surface area (Å²) in [7, 11) is 0. The van der Waals surface area contributed by atoms with Gasteiger partial charge in [0.25, 0.3) is 0 Å². The van der Waals surface area contributed by atoms with Crippen molar-refractivity contribution in [2.24, 2.45) is 4.99 Å². The molecular weight excluding hydrogens is 338 g/mol. The summed E-state index contributed by atoms with van der Waals surface area (Å²) in [4.78, 5) is 27.8. The van der Waals surface area contributed by atoms with Gasteiger partial charge in [0.2, 0.25) is 0 Å². The molecule has 0 amide bonds. The minimum atomic E-state index is -0.966. The molecule has 0 saturated carbocycles. The van der Waals surface area contributed by atoms with Gasteiger partial charge in [-0.1, -0.05) is 25.1 Å². The van der Waals surface area contributed by atoms with E-state index in [1.165, 1.54) is 23.5 Å². The summed E-state index contributed by atoms with van der Waals surface area (Å²) in [6.07, 6.45) is 2.63. The number of thiophene rings is 1. The molecule has 2 aromatic rings. The highest BCUT2D eigenvalue weighted by molar-refractivity contribution is 7.09. The lowest BCUT2D eigenvalue weighted by Crippen LogP contribution is -2.06. The number of aliphatic imine (C=N–C) groups is 1. The minimum Gasteiger partial charge on any atom is -0.478 e. The van der Waals surface area contributed by atoms with Crippen LogP contribution in [0.4, 0.5) is 0 Å². The van der Waals surface area contributed by atoms with E-state index in [2.05, 4.69) is 4.99 Å². The van der Waals surface area contributed by atoms with Crippen LogP contribution in [-0.2, 0) is 17.8 Å². The Kier molecular flexibility index (Phi) is 6.65. The van der Waals surface area contributed by atoms with Crippen LogP contribution < -0.4 is 0 Å². The number of aliphatic carboxylic acids is 1. The zero-order valence-electron chi connectivity index (χ0n) is 13.8. The topological polar surface area (TPSA) is 87.0 Å². The fourth-order valence-corrected chi connectivity index (χ4v) is 2.92. The highest BCUT2D eigenvalue weighted by atomic mass is 32.1. The van der Waals surface area contributed by atoms with Crippen molar-refractivity contribution in [1.82, 2.24) is 0 Å².